The Morgan fingerprint density at radius 3 is 0.930 bits per heavy atom. The van der Waals surface area contributed by atoms with Gasteiger partial charge in [0, 0.05) is 19.3 Å². The quantitative estimate of drug-likeness (QED) is 0.0261. The van der Waals surface area contributed by atoms with Gasteiger partial charge in [0.25, 0.3) is 0 Å². The number of ether oxygens (including phenoxy) is 3. The van der Waals surface area contributed by atoms with E-state index >= 15 is 0 Å². The molecule has 1 atom stereocenters. The number of hydrogen-bond donors (Lipinski definition) is 0. The van der Waals surface area contributed by atoms with Gasteiger partial charge in [0.1, 0.15) is 13.2 Å². The fourth-order valence-corrected chi connectivity index (χ4v) is 7.64. The smallest absolute Gasteiger partial charge is 0.306 e. The van der Waals surface area contributed by atoms with E-state index in [0.29, 0.717) is 12.8 Å². The summed E-state index contributed by atoms with van der Waals surface area (Å²) < 4.78 is 16.8. The van der Waals surface area contributed by atoms with Gasteiger partial charge in [-0.25, -0.2) is 0 Å². The average Bonchev–Trinajstić information content (AvgIpc) is 3.37. The molecule has 6 nitrogen and oxygen atoms in total. The van der Waals surface area contributed by atoms with Crippen molar-refractivity contribution in [1.82, 2.24) is 0 Å². The second-order valence-corrected chi connectivity index (χ2v) is 18.8. The standard InChI is InChI=1S/C65H106O6/c1-4-7-10-13-16-19-22-25-28-31-32-35-37-40-43-46-49-52-55-58-64(67)70-61-62(71-65(68)59-56-53-50-47-44-41-38-34-30-27-24-21-18-15-12-9-6-3)60-69-63(66)57-54-51-48-45-42-39-36-33-29-26-23-20-17-14-11-8-5-2/h8-9,11-12,17-18,20-21,25-30,36,38-39,41,45,48,62H,4-7,10,13-16,19,22-24,31-35,37,40,42-44,46-47,49-61H2,1-3H3/b11-8-,12-9-,20-17-,21-18-,28-25-,29-26-,30-27-,39-36-,41-38-,48-45-. The zero-order valence-electron chi connectivity index (χ0n) is 45.9. The molecule has 0 radical (unpaired) electrons. The van der Waals surface area contributed by atoms with Crippen LogP contribution in [0.3, 0.4) is 0 Å². The molecule has 0 aliphatic heterocycles. The van der Waals surface area contributed by atoms with Gasteiger partial charge in [0.2, 0.25) is 0 Å². The van der Waals surface area contributed by atoms with E-state index in [2.05, 4.69) is 142 Å². The van der Waals surface area contributed by atoms with Crippen LogP contribution in [0.2, 0.25) is 0 Å². The van der Waals surface area contributed by atoms with Crippen LogP contribution < -0.4 is 0 Å². The Labute approximate surface area is 437 Å². The molecule has 0 aromatic carbocycles. The first-order valence-electron chi connectivity index (χ1n) is 29.0. The van der Waals surface area contributed by atoms with E-state index in [1.54, 1.807) is 0 Å². The first-order chi connectivity index (χ1) is 35.0. The summed E-state index contributed by atoms with van der Waals surface area (Å²) in [5, 5.41) is 0. The van der Waals surface area contributed by atoms with E-state index in [1.165, 1.54) is 89.9 Å². The molecule has 0 fully saturated rings. The molecule has 0 aromatic rings. The lowest BCUT2D eigenvalue weighted by molar-refractivity contribution is -0.167. The topological polar surface area (TPSA) is 78.9 Å². The summed E-state index contributed by atoms with van der Waals surface area (Å²) in [6, 6.07) is 0. The molecular formula is C65H106O6. The number of carbonyl (C=O) groups excluding carboxylic acids is 3. The van der Waals surface area contributed by atoms with Crippen molar-refractivity contribution in [2.24, 2.45) is 0 Å². The Balaban J connectivity index is 4.52. The predicted octanol–water partition coefficient (Wildman–Crippen LogP) is 19.6. The molecule has 0 N–H and O–H groups in total. The molecular weight excluding hydrogens is 877 g/mol. The number of rotatable bonds is 51. The van der Waals surface area contributed by atoms with Crippen molar-refractivity contribution in [3.8, 4) is 0 Å². The molecule has 0 aromatic heterocycles. The molecule has 0 spiro atoms. The fraction of sp³-hybridized carbons (Fsp3) is 0.646. The summed E-state index contributed by atoms with van der Waals surface area (Å²) in [5.74, 6) is -0.997. The lowest BCUT2D eigenvalue weighted by Gasteiger charge is -2.18. The maximum absolute atomic E-state index is 12.9. The highest BCUT2D eigenvalue weighted by molar-refractivity contribution is 5.71. The van der Waals surface area contributed by atoms with Crippen LogP contribution in [-0.2, 0) is 28.6 Å². The molecule has 6 heteroatoms. The van der Waals surface area contributed by atoms with Crippen molar-refractivity contribution < 1.29 is 28.6 Å². The van der Waals surface area contributed by atoms with Crippen molar-refractivity contribution in [2.45, 2.75) is 258 Å². The van der Waals surface area contributed by atoms with Gasteiger partial charge in [-0.3, -0.25) is 14.4 Å². The van der Waals surface area contributed by atoms with E-state index in [1.807, 2.05) is 0 Å². The van der Waals surface area contributed by atoms with Crippen molar-refractivity contribution >= 4 is 17.9 Å². The van der Waals surface area contributed by atoms with E-state index in [4.69, 9.17) is 14.2 Å². The van der Waals surface area contributed by atoms with Gasteiger partial charge >= 0.3 is 17.9 Å². The zero-order chi connectivity index (χ0) is 51.4. The van der Waals surface area contributed by atoms with Gasteiger partial charge in [-0.15, -0.1) is 0 Å². The van der Waals surface area contributed by atoms with Crippen molar-refractivity contribution in [3.63, 3.8) is 0 Å². The molecule has 0 aliphatic rings. The summed E-state index contributed by atoms with van der Waals surface area (Å²) in [6.07, 6.45) is 80.5. The Morgan fingerprint density at radius 1 is 0.296 bits per heavy atom. The van der Waals surface area contributed by atoms with Crippen LogP contribution in [0, 0.1) is 0 Å². The van der Waals surface area contributed by atoms with Gasteiger partial charge in [-0.1, -0.05) is 232 Å². The average molecular weight is 984 g/mol. The first kappa shape index (κ1) is 66.8. The van der Waals surface area contributed by atoms with Gasteiger partial charge in [-0.2, -0.15) is 0 Å². The Hall–Kier alpha value is -4.19. The van der Waals surface area contributed by atoms with Gasteiger partial charge in [0.05, 0.1) is 0 Å². The maximum Gasteiger partial charge on any atom is 0.306 e. The molecule has 402 valence electrons. The summed E-state index contributed by atoms with van der Waals surface area (Å²) in [7, 11) is 0. The van der Waals surface area contributed by atoms with Crippen LogP contribution in [0.25, 0.3) is 0 Å². The normalized spacial score (nSPS) is 13.0. The summed E-state index contributed by atoms with van der Waals surface area (Å²) in [6.45, 7) is 6.34. The summed E-state index contributed by atoms with van der Waals surface area (Å²) in [5.41, 5.74) is 0. The minimum Gasteiger partial charge on any atom is -0.462 e. The van der Waals surface area contributed by atoms with E-state index < -0.39 is 6.10 Å². The number of esters is 3. The molecule has 0 rings (SSSR count). The van der Waals surface area contributed by atoms with Gasteiger partial charge < -0.3 is 14.2 Å². The number of unbranched alkanes of at least 4 members (excludes halogenated alkanes) is 20. The number of allylic oxidation sites excluding steroid dienone is 20. The van der Waals surface area contributed by atoms with E-state index in [0.717, 1.165) is 116 Å². The highest BCUT2D eigenvalue weighted by atomic mass is 16.6. The maximum atomic E-state index is 12.9. The Kier molecular flexibility index (Phi) is 54.9. The van der Waals surface area contributed by atoms with Crippen molar-refractivity contribution in [2.75, 3.05) is 13.2 Å². The molecule has 0 aliphatic carbocycles. The second kappa shape index (κ2) is 58.4. The van der Waals surface area contributed by atoms with Crippen molar-refractivity contribution in [3.05, 3.63) is 122 Å². The van der Waals surface area contributed by atoms with Crippen LogP contribution >= 0.6 is 0 Å². The monoisotopic (exact) mass is 983 g/mol. The number of hydrogen-bond acceptors (Lipinski definition) is 6. The molecule has 0 amide bonds. The zero-order valence-corrected chi connectivity index (χ0v) is 45.9. The Bertz CT molecular complexity index is 1500. The largest absolute Gasteiger partial charge is 0.462 e. The van der Waals surface area contributed by atoms with Crippen LogP contribution in [0.15, 0.2) is 122 Å². The third-order valence-corrected chi connectivity index (χ3v) is 11.9. The molecule has 0 saturated carbocycles. The minimum absolute atomic E-state index is 0.109. The van der Waals surface area contributed by atoms with E-state index in [-0.39, 0.29) is 44.0 Å². The van der Waals surface area contributed by atoms with Gasteiger partial charge in [0.15, 0.2) is 6.10 Å². The first-order valence-corrected chi connectivity index (χ1v) is 29.0. The van der Waals surface area contributed by atoms with Crippen molar-refractivity contribution in [1.29, 1.82) is 0 Å². The highest BCUT2D eigenvalue weighted by Crippen LogP contribution is 2.14. The lowest BCUT2D eigenvalue weighted by atomic mass is 10.1. The van der Waals surface area contributed by atoms with Crippen LogP contribution in [0.5, 0.6) is 0 Å². The SMILES string of the molecule is CC/C=C\C/C=C\C/C=C\C/C=C\C/C=C\CCCC(=O)OCC(COC(=O)CCCCCCCCCCC/C=C\CCCCCCCC)OC(=O)CCCCCC/C=C\C/C=C\C/C=C\C/C=C\CC. The van der Waals surface area contributed by atoms with Gasteiger partial charge in [-0.05, 0) is 122 Å². The molecule has 1 unspecified atom stereocenters. The van der Waals surface area contributed by atoms with E-state index in [9.17, 15) is 14.4 Å². The third-order valence-electron chi connectivity index (χ3n) is 11.9. The number of carbonyl (C=O) groups is 3. The highest BCUT2D eigenvalue weighted by Gasteiger charge is 2.19. The lowest BCUT2D eigenvalue weighted by Crippen LogP contribution is -2.30. The third kappa shape index (κ3) is 56.6. The minimum atomic E-state index is -0.819. The second-order valence-electron chi connectivity index (χ2n) is 18.8. The molecule has 0 bridgehead atoms. The van der Waals surface area contributed by atoms with Crippen LogP contribution in [0.1, 0.15) is 252 Å². The molecule has 0 saturated heterocycles. The van der Waals surface area contributed by atoms with Crippen LogP contribution in [-0.4, -0.2) is 37.2 Å². The Morgan fingerprint density at radius 2 is 0.563 bits per heavy atom. The van der Waals surface area contributed by atoms with Crippen LogP contribution in [0.4, 0.5) is 0 Å². The molecule has 0 heterocycles. The predicted molar refractivity (Wildman–Crippen MR) is 306 cm³/mol. The summed E-state index contributed by atoms with van der Waals surface area (Å²) in [4.78, 5) is 38.2. The fourth-order valence-electron chi connectivity index (χ4n) is 7.64. The molecule has 71 heavy (non-hydrogen) atoms. The summed E-state index contributed by atoms with van der Waals surface area (Å²) >= 11 is 0.